The van der Waals surface area contributed by atoms with Gasteiger partial charge in [0.2, 0.25) is 0 Å². The Morgan fingerprint density at radius 1 is 1.15 bits per heavy atom. The summed E-state index contributed by atoms with van der Waals surface area (Å²) in [4.78, 5) is 0. The summed E-state index contributed by atoms with van der Waals surface area (Å²) in [6.45, 7) is 0.692. The second-order valence-electron chi connectivity index (χ2n) is 4.20. The topological polar surface area (TPSA) is 44.5 Å². The monoisotopic (exact) mass is 339 g/mol. The normalized spacial score (nSPS) is 10.4. The number of nitrogens with two attached hydrogens (primary N) is 1. The van der Waals surface area contributed by atoms with Crippen LogP contribution in [0.25, 0.3) is 0 Å². The molecule has 0 bridgehead atoms. The summed E-state index contributed by atoms with van der Waals surface area (Å²) in [5.74, 6) is 1.15. The molecule has 0 spiro atoms. The summed E-state index contributed by atoms with van der Waals surface area (Å²) in [7, 11) is 1.60. The zero-order valence-corrected chi connectivity index (χ0v) is 12.6. The summed E-state index contributed by atoms with van der Waals surface area (Å²) < 4.78 is 24.6. The van der Waals surface area contributed by atoms with Gasteiger partial charge in [0.1, 0.15) is 23.9 Å². The van der Waals surface area contributed by atoms with Crippen LogP contribution in [0.2, 0.25) is 0 Å². The van der Waals surface area contributed by atoms with E-state index in [1.807, 2.05) is 18.2 Å². The number of ether oxygens (including phenoxy) is 2. The van der Waals surface area contributed by atoms with E-state index in [9.17, 15) is 4.39 Å². The molecule has 2 N–H and O–H groups in total. The van der Waals surface area contributed by atoms with Crippen molar-refractivity contribution in [1.82, 2.24) is 0 Å². The minimum atomic E-state index is -0.285. The van der Waals surface area contributed by atoms with Gasteiger partial charge >= 0.3 is 0 Å². The molecule has 106 valence electrons. The first kappa shape index (κ1) is 14.8. The Balaban J connectivity index is 2.14. The molecule has 0 atom stereocenters. The van der Waals surface area contributed by atoms with Crippen molar-refractivity contribution in [2.75, 3.05) is 7.11 Å². The van der Waals surface area contributed by atoms with Crippen LogP contribution in [0.1, 0.15) is 11.1 Å². The van der Waals surface area contributed by atoms with Gasteiger partial charge in [-0.25, -0.2) is 4.39 Å². The summed E-state index contributed by atoms with van der Waals surface area (Å²) in [5, 5.41) is 0. The summed E-state index contributed by atoms with van der Waals surface area (Å²) in [6.07, 6.45) is 0. The van der Waals surface area contributed by atoms with E-state index in [0.29, 0.717) is 23.4 Å². The highest BCUT2D eigenvalue weighted by molar-refractivity contribution is 9.10. The van der Waals surface area contributed by atoms with Gasteiger partial charge in [0.05, 0.1) is 7.11 Å². The number of rotatable bonds is 5. The predicted molar refractivity (Wildman–Crippen MR) is 79.3 cm³/mol. The molecule has 0 aliphatic rings. The van der Waals surface area contributed by atoms with Crippen LogP contribution in [0, 0.1) is 5.82 Å². The molecule has 0 aromatic heterocycles. The number of methoxy groups -OCH3 is 1. The second-order valence-corrected chi connectivity index (χ2v) is 5.06. The number of hydrogen-bond donors (Lipinski definition) is 1. The fraction of sp³-hybridized carbons (Fsp3) is 0.200. The molecule has 2 rings (SSSR count). The molecule has 2 aromatic carbocycles. The third kappa shape index (κ3) is 3.49. The standard InChI is InChI=1S/C15H15BrFNO2/c1-19-13-4-5-15(11(6-13)8-18)20-9-10-2-3-12(17)7-14(10)16/h2-7H,8-9,18H2,1H3. The van der Waals surface area contributed by atoms with Crippen molar-refractivity contribution in [3.05, 3.63) is 57.8 Å². The molecule has 3 nitrogen and oxygen atoms in total. The van der Waals surface area contributed by atoms with Crippen LogP contribution in [-0.4, -0.2) is 7.11 Å². The first-order valence-corrected chi connectivity index (χ1v) is 6.87. The van der Waals surface area contributed by atoms with Gasteiger partial charge < -0.3 is 15.2 Å². The van der Waals surface area contributed by atoms with Gasteiger partial charge in [-0.1, -0.05) is 22.0 Å². The Hall–Kier alpha value is -1.59. The van der Waals surface area contributed by atoms with Crippen LogP contribution in [0.3, 0.4) is 0 Å². The summed E-state index contributed by atoms with van der Waals surface area (Å²) in [6, 6.07) is 9.98. The van der Waals surface area contributed by atoms with Crippen molar-refractivity contribution in [3.63, 3.8) is 0 Å². The number of halogens is 2. The van der Waals surface area contributed by atoms with Crippen LogP contribution in [0.5, 0.6) is 11.5 Å². The average Bonchev–Trinajstić information content (AvgIpc) is 2.46. The summed E-state index contributed by atoms with van der Waals surface area (Å²) in [5.41, 5.74) is 7.43. The van der Waals surface area contributed by atoms with Gasteiger partial charge in [-0.15, -0.1) is 0 Å². The fourth-order valence-corrected chi connectivity index (χ4v) is 2.24. The highest BCUT2D eigenvalue weighted by Gasteiger charge is 2.07. The van der Waals surface area contributed by atoms with Crippen molar-refractivity contribution in [2.24, 2.45) is 5.73 Å². The molecule has 0 aliphatic carbocycles. The third-order valence-electron chi connectivity index (χ3n) is 2.89. The van der Waals surface area contributed by atoms with Crippen molar-refractivity contribution in [1.29, 1.82) is 0 Å². The Morgan fingerprint density at radius 2 is 1.95 bits per heavy atom. The molecule has 0 saturated heterocycles. The fourth-order valence-electron chi connectivity index (χ4n) is 1.78. The maximum Gasteiger partial charge on any atom is 0.124 e. The van der Waals surface area contributed by atoms with Crippen LogP contribution in [0.15, 0.2) is 40.9 Å². The zero-order chi connectivity index (χ0) is 14.5. The van der Waals surface area contributed by atoms with Crippen molar-refractivity contribution >= 4 is 15.9 Å². The lowest BCUT2D eigenvalue weighted by molar-refractivity contribution is 0.301. The Bertz CT molecular complexity index is 604. The lowest BCUT2D eigenvalue weighted by Gasteiger charge is -2.12. The maximum atomic E-state index is 13.0. The van der Waals surface area contributed by atoms with E-state index in [-0.39, 0.29) is 5.82 Å². The molecule has 0 radical (unpaired) electrons. The molecule has 0 unspecified atom stereocenters. The van der Waals surface area contributed by atoms with Gasteiger partial charge in [0.15, 0.2) is 0 Å². The molecule has 0 saturated carbocycles. The van der Waals surface area contributed by atoms with Gasteiger partial charge in [-0.2, -0.15) is 0 Å². The summed E-state index contributed by atoms with van der Waals surface area (Å²) >= 11 is 3.31. The first-order chi connectivity index (χ1) is 9.63. The Kier molecular flexibility index (Phi) is 4.98. The molecule has 0 aliphatic heterocycles. The molecule has 0 heterocycles. The van der Waals surface area contributed by atoms with E-state index in [2.05, 4.69) is 15.9 Å². The largest absolute Gasteiger partial charge is 0.497 e. The molecular formula is C15H15BrFNO2. The van der Waals surface area contributed by atoms with E-state index < -0.39 is 0 Å². The minimum absolute atomic E-state index is 0.285. The lowest BCUT2D eigenvalue weighted by Crippen LogP contribution is -2.03. The predicted octanol–water partition coefficient (Wildman–Crippen LogP) is 3.63. The zero-order valence-electron chi connectivity index (χ0n) is 11.0. The van der Waals surface area contributed by atoms with E-state index in [0.717, 1.165) is 16.9 Å². The SMILES string of the molecule is COc1ccc(OCc2ccc(F)cc2Br)c(CN)c1. The second kappa shape index (κ2) is 6.72. The maximum absolute atomic E-state index is 13.0. The quantitative estimate of drug-likeness (QED) is 0.904. The van der Waals surface area contributed by atoms with E-state index >= 15 is 0 Å². The molecule has 0 fully saturated rings. The van der Waals surface area contributed by atoms with E-state index in [1.165, 1.54) is 12.1 Å². The third-order valence-corrected chi connectivity index (χ3v) is 3.62. The van der Waals surface area contributed by atoms with Crippen LogP contribution in [0.4, 0.5) is 4.39 Å². The molecule has 0 amide bonds. The van der Waals surface area contributed by atoms with Gasteiger partial charge in [-0.3, -0.25) is 0 Å². The average molecular weight is 340 g/mol. The highest BCUT2D eigenvalue weighted by Crippen LogP contribution is 2.26. The molecular weight excluding hydrogens is 325 g/mol. The van der Waals surface area contributed by atoms with Crippen LogP contribution in [-0.2, 0) is 13.2 Å². The van der Waals surface area contributed by atoms with Crippen molar-refractivity contribution in [2.45, 2.75) is 13.2 Å². The Labute approximate surface area is 125 Å². The van der Waals surface area contributed by atoms with Gasteiger partial charge in [0.25, 0.3) is 0 Å². The van der Waals surface area contributed by atoms with E-state index in [4.69, 9.17) is 15.2 Å². The van der Waals surface area contributed by atoms with Crippen LogP contribution >= 0.6 is 15.9 Å². The number of hydrogen-bond acceptors (Lipinski definition) is 3. The molecule has 2 aromatic rings. The van der Waals surface area contributed by atoms with Gasteiger partial charge in [-0.05, 0) is 30.3 Å². The highest BCUT2D eigenvalue weighted by atomic mass is 79.9. The number of benzene rings is 2. The van der Waals surface area contributed by atoms with Crippen LogP contribution < -0.4 is 15.2 Å². The molecule has 5 heteroatoms. The van der Waals surface area contributed by atoms with E-state index in [1.54, 1.807) is 13.2 Å². The van der Waals surface area contributed by atoms with Crippen molar-refractivity contribution in [3.8, 4) is 11.5 Å². The van der Waals surface area contributed by atoms with Crippen molar-refractivity contribution < 1.29 is 13.9 Å². The molecule has 20 heavy (non-hydrogen) atoms. The first-order valence-electron chi connectivity index (χ1n) is 6.07. The minimum Gasteiger partial charge on any atom is -0.497 e. The van der Waals surface area contributed by atoms with Gasteiger partial charge in [0, 0.05) is 22.1 Å². The smallest absolute Gasteiger partial charge is 0.124 e. The Morgan fingerprint density at radius 3 is 2.60 bits per heavy atom. The lowest BCUT2D eigenvalue weighted by atomic mass is 10.2.